The fourth-order valence-corrected chi connectivity index (χ4v) is 5.38. The van der Waals surface area contributed by atoms with Gasteiger partial charge in [0.25, 0.3) is 5.22 Å². The van der Waals surface area contributed by atoms with Gasteiger partial charge in [-0.1, -0.05) is 25.6 Å². The highest BCUT2D eigenvalue weighted by molar-refractivity contribution is 7.99. The van der Waals surface area contributed by atoms with E-state index in [-0.39, 0.29) is 28.6 Å². The Hall–Kier alpha value is -1.58. The van der Waals surface area contributed by atoms with Crippen LogP contribution in [0.15, 0.2) is 32.7 Å². The molecule has 1 heterocycles. The molecule has 0 aliphatic carbocycles. The zero-order chi connectivity index (χ0) is 21.1. The molecule has 0 fully saturated rings. The minimum absolute atomic E-state index is 0.0158. The highest BCUT2D eigenvalue weighted by Crippen LogP contribution is 2.27. The molecule has 0 saturated carbocycles. The first kappa shape index (κ1) is 22.7. The second kappa shape index (κ2) is 9.28. The Morgan fingerprint density at radius 1 is 1.14 bits per heavy atom. The number of fused-ring (bicyclic) bond motifs is 1. The standard InChI is InChI=1S/C19H29N3O4S2/c1-7-21(8-2)28(24,25)15-9-10-17-16(11-15)20-19(26-17)27-12-18(23)22(13(3)4)14(5)6/h9-11,13-14H,7-8,12H2,1-6H3. The van der Waals surface area contributed by atoms with Gasteiger partial charge < -0.3 is 9.32 Å². The Bertz CT molecular complexity index is 910. The topological polar surface area (TPSA) is 83.7 Å². The van der Waals surface area contributed by atoms with Gasteiger partial charge in [0.15, 0.2) is 5.58 Å². The Kier molecular flexibility index (Phi) is 7.52. The molecule has 0 atom stereocenters. The zero-order valence-electron chi connectivity index (χ0n) is 17.3. The first-order valence-electron chi connectivity index (χ1n) is 9.46. The zero-order valence-corrected chi connectivity index (χ0v) is 18.9. The number of nitrogens with zero attached hydrogens (tertiary/aromatic N) is 3. The van der Waals surface area contributed by atoms with Crippen molar-refractivity contribution in [3.05, 3.63) is 18.2 Å². The summed E-state index contributed by atoms with van der Waals surface area (Å²) in [6.07, 6.45) is 0. The number of amides is 1. The highest BCUT2D eigenvalue weighted by atomic mass is 32.2. The quantitative estimate of drug-likeness (QED) is 0.569. The monoisotopic (exact) mass is 427 g/mol. The summed E-state index contributed by atoms with van der Waals surface area (Å²) in [5.41, 5.74) is 0.964. The minimum atomic E-state index is -3.56. The van der Waals surface area contributed by atoms with Crippen molar-refractivity contribution >= 4 is 38.8 Å². The molecular formula is C19H29N3O4S2. The summed E-state index contributed by atoms with van der Waals surface area (Å²) >= 11 is 1.22. The summed E-state index contributed by atoms with van der Waals surface area (Å²) in [7, 11) is -3.56. The third kappa shape index (κ3) is 4.87. The van der Waals surface area contributed by atoms with E-state index in [4.69, 9.17) is 4.42 Å². The summed E-state index contributed by atoms with van der Waals surface area (Å²) in [5, 5.41) is 0.355. The number of oxazole rings is 1. The van der Waals surface area contributed by atoms with Crippen molar-refractivity contribution in [2.75, 3.05) is 18.8 Å². The van der Waals surface area contributed by atoms with Gasteiger partial charge in [0, 0.05) is 25.2 Å². The van der Waals surface area contributed by atoms with Crippen molar-refractivity contribution in [3.63, 3.8) is 0 Å². The molecule has 1 aromatic heterocycles. The van der Waals surface area contributed by atoms with Crippen LogP contribution in [-0.2, 0) is 14.8 Å². The number of hydrogen-bond donors (Lipinski definition) is 0. The molecule has 7 nitrogen and oxygen atoms in total. The Balaban J connectivity index is 2.20. The van der Waals surface area contributed by atoms with E-state index in [2.05, 4.69) is 4.98 Å². The number of carbonyl (C=O) groups is 1. The lowest BCUT2D eigenvalue weighted by molar-refractivity contribution is -0.131. The van der Waals surface area contributed by atoms with Crippen LogP contribution in [0.1, 0.15) is 41.5 Å². The van der Waals surface area contributed by atoms with Gasteiger partial charge in [-0.25, -0.2) is 13.4 Å². The van der Waals surface area contributed by atoms with Gasteiger partial charge in [-0.15, -0.1) is 0 Å². The molecule has 1 amide bonds. The molecule has 28 heavy (non-hydrogen) atoms. The summed E-state index contributed by atoms with van der Waals surface area (Å²) in [4.78, 5) is 18.9. The molecule has 2 aromatic rings. The van der Waals surface area contributed by atoms with Gasteiger partial charge in [-0.2, -0.15) is 4.31 Å². The van der Waals surface area contributed by atoms with Crippen LogP contribution < -0.4 is 0 Å². The van der Waals surface area contributed by atoms with Crippen LogP contribution in [0.25, 0.3) is 11.1 Å². The highest BCUT2D eigenvalue weighted by Gasteiger charge is 2.24. The van der Waals surface area contributed by atoms with Gasteiger partial charge in [0.05, 0.1) is 10.6 Å². The minimum Gasteiger partial charge on any atom is -0.431 e. The van der Waals surface area contributed by atoms with Gasteiger partial charge in [0.2, 0.25) is 15.9 Å². The summed E-state index contributed by atoms with van der Waals surface area (Å²) in [6.45, 7) is 12.4. The van der Waals surface area contributed by atoms with Crippen molar-refractivity contribution in [2.24, 2.45) is 0 Å². The number of sulfonamides is 1. The van der Waals surface area contributed by atoms with E-state index in [1.54, 1.807) is 19.9 Å². The Labute approximate surface area is 171 Å². The van der Waals surface area contributed by atoms with Crippen LogP contribution in [-0.4, -0.2) is 59.4 Å². The molecular weight excluding hydrogens is 398 g/mol. The predicted octanol–water partition coefficient (Wildman–Crippen LogP) is 3.60. The lowest BCUT2D eigenvalue weighted by Crippen LogP contribution is -2.43. The summed E-state index contributed by atoms with van der Waals surface area (Å²) in [5.74, 6) is 0.232. The molecule has 0 aliphatic rings. The van der Waals surface area contributed by atoms with E-state index < -0.39 is 10.0 Å². The van der Waals surface area contributed by atoms with Crippen LogP contribution >= 0.6 is 11.8 Å². The summed E-state index contributed by atoms with van der Waals surface area (Å²) < 4.78 is 32.4. The van der Waals surface area contributed by atoms with E-state index in [0.717, 1.165) is 0 Å². The number of thioether (sulfide) groups is 1. The third-order valence-electron chi connectivity index (χ3n) is 4.40. The largest absolute Gasteiger partial charge is 0.431 e. The molecule has 1 aromatic carbocycles. The Morgan fingerprint density at radius 3 is 2.29 bits per heavy atom. The number of hydrogen-bond acceptors (Lipinski definition) is 6. The lowest BCUT2D eigenvalue weighted by Gasteiger charge is -2.30. The van der Waals surface area contributed by atoms with E-state index in [9.17, 15) is 13.2 Å². The van der Waals surface area contributed by atoms with Gasteiger partial charge in [-0.3, -0.25) is 4.79 Å². The fourth-order valence-electron chi connectivity index (χ4n) is 3.19. The first-order chi connectivity index (χ1) is 13.1. The maximum atomic E-state index is 12.7. The summed E-state index contributed by atoms with van der Waals surface area (Å²) in [6, 6.07) is 4.89. The molecule has 2 rings (SSSR count). The van der Waals surface area contributed by atoms with Crippen LogP contribution in [0.3, 0.4) is 0 Å². The number of benzene rings is 1. The molecule has 0 aliphatic heterocycles. The van der Waals surface area contributed by atoms with Crippen molar-refractivity contribution < 1.29 is 17.6 Å². The Morgan fingerprint density at radius 2 is 1.75 bits per heavy atom. The molecule has 0 saturated heterocycles. The number of aromatic nitrogens is 1. The maximum absolute atomic E-state index is 12.7. The molecule has 9 heteroatoms. The molecule has 0 spiro atoms. The van der Waals surface area contributed by atoms with Crippen LogP contribution in [0.2, 0.25) is 0 Å². The first-order valence-corrected chi connectivity index (χ1v) is 11.9. The molecule has 0 bridgehead atoms. The van der Waals surface area contributed by atoms with E-state index >= 15 is 0 Å². The number of rotatable bonds is 9. The van der Waals surface area contributed by atoms with E-state index in [1.165, 1.54) is 28.2 Å². The number of carbonyl (C=O) groups excluding carboxylic acids is 1. The predicted molar refractivity (Wildman–Crippen MR) is 112 cm³/mol. The van der Waals surface area contributed by atoms with Crippen LogP contribution in [0, 0.1) is 0 Å². The normalized spacial score (nSPS) is 12.5. The average Bonchev–Trinajstić information content (AvgIpc) is 3.02. The SMILES string of the molecule is CCN(CC)S(=O)(=O)c1ccc2oc(SCC(=O)N(C(C)C)C(C)C)nc2c1. The van der Waals surface area contributed by atoms with Crippen LogP contribution in [0.5, 0.6) is 0 Å². The van der Waals surface area contributed by atoms with E-state index in [0.29, 0.717) is 29.4 Å². The second-order valence-corrected chi connectivity index (χ2v) is 9.84. The molecule has 0 N–H and O–H groups in total. The molecule has 156 valence electrons. The van der Waals surface area contributed by atoms with Crippen LogP contribution in [0.4, 0.5) is 0 Å². The lowest BCUT2D eigenvalue weighted by atomic mass is 10.2. The van der Waals surface area contributed by atoms with Crippen molar-refractivity contribution in [3.8, 4) is 0 Å². The average molecular weight is 428 g/mol. The van der Waals surface area contributed by atoms with Gasteiger partial charge in [0.1, 0.15) is 5.52 Å². The van der Waals surface area contributed by atoms with Crippen molar-refractivity contribution in [1.29, 1.82) is 0 Å². The fraction of sp³-hybridized carbons (Fsp3) is 0.579. The van der Waals surface area contributed by atoms with Gasteiger partial charge >= 0.3 is 0 Å². The van der Waals surface area contributed by atoms with E-state index in [1.807, 2.05) is 32.6 Å². The smallest absolute Gasteiger partial charge is 0.257 e. The second-order valence-electron chi connectivity index (χ2n) is 6.98. The van der Waals surface area contributed by atoms with Crippen molar-refractivity contribution in [1.82, 2.24) is 14.2 Å². The third-order valence-corrected chi connectivity index (χ3v) is 7.26. The maximum Gasteiger partial charge on any atom is 0.257 e. The molecule has 0 unspecified atom stereocenters. The van der Waals surface area contributed by atoms with Gasteiger partial charge in [-0.05, 0) is 45.9 Å². The van der Waals surface area contributed by atoms with Crippen molar-refractivity contribution in [2.45, 2.75) is 63.7 Å². The molecule has 0 radical (unpaired) electrons.